The zero-order valence-electron chi connectivity index (χ0n) is 8.11. The molecule has 16 heavy (non-hydrogen) atoms. The van der Waals surface area contributed by atoms with E-state index in [4.69, 9.17) is 28.5 Å². The van der Waals surface area contributed by atoms with Gasteiger partial charge in [-0.15, -0.1) is 0 Å². The van der Waals surface area contributed by atoms with Gasteiger partial charge >= 0.3 is 0 Å². The van der Waals surface area contributed by atoms with Crippen LogP contribution in [0.15, 0.2) is 36.5 Å². The SMILES string of the molecule is N#Cc1cc(-c2ccc(Cl)cc2)cnc1Cl. The molecule has 0 bridgehead atoms. The Bertz CT molecular complexity index is 556. The van der Waals surface area contributed by atoms with Crippen molar-refractivity contribution in [3.05, 3.63) is 52.3 Å². The van der Waals surface area contributed by atoms with Crippen LogP contribution in [0.5, 0.6) is 0 Å². The molecule has 0 amide bonds. The number of hydrogen-bond donors (Lipinski definition) is 0. The summed E-state index contributed by atoms with van der Waals surface area (Å²) < 4.78 is 0. The van der Waals surface area contributed by atoms with Crippen LogP contribution >= 0.6 is 23.2 Å². The Morgan fingerprint density at radius 2 is 1.75 bits per heavy atom. The minimum Gasteiger partial charge on any atom is -0.243 e. The molecule has 0 N–H and O–H groups in total. The largest absolute Gasteiger partial charge is 0.243 e. The number of hydrogen-bond acceptors (Lipinski definition) is 2. The van der Waals surface area contributed by atoms with E-state index in [0.29, 0.717) is 10.6 Å². The van der Waals surface area contributed by atoms with E-state index in [1.54, 1.807) is 24.4 Å². The van der Waals surface area contributed by atoms with E-state index in [2.05, 4.69) is 4.98 Å². The zero-order valence-corrected chi connectivity index (χ0v) is 9.63. The van der Waals surface area contributed by atoms with Crippen molar-refractivity contribution in [3.63, 3.8) is 0 Å². The van der Waals surface area contributed by atoms with Crippen molar-refractivity contribution in [3.8, 4) is 17.2 Å². The summed E-state index contributed by atoms with van der Waals surface area (Å²) >= 11 is 11.5. The molecule has 0 radical (unpaired) electrons. The monoisotopic (exact) mass is 248 g/mol. The first-order valence-corrected chi connectivity index (χ1v) is 5.28. The summed E-state index contributed by atoms with van der Waals surface area (Å²) in [6, 6.07) is 11.0. The lowest BCUT2D eigenvalue weighted by Gasteiger charge is -2.02. The Hall–Kier alpha value is -1.56. The maximum Gasteiger partial charge on any atom is 0.146 e. The summed E-state index contributed by atoms with van der Waals surface area (Å²) in [5.41, 5.74) is 2.16. The number of pyridine rings is 1. The van der Waals surface area contributed by atoms with E-state index in [9.17, 15) is 0 Å². The van der Waals surface area contributed by atoms with Gasteiger partial charge in [0.1, 0.15) is 11.2 Å². The molecule has 78 valence electrons. The molecule has 0 saturated heterocycles. The van der Waals surface area contributed by atoms with Crippen LogP contribution in [0, 0.1) is 11.3 Å². The molecule has 0 aliphatic rings. The third-order valence-electron chi connectivity index (χ3n) is 2.14. The van der Waals surface area contributed by atoms with Crippen molar-refractivity contribution >= 4 is 23.2 Å². The molecule has 0 aliphatic carbocycles. The highest BCUT2D eigenvalue weighted by Gasteiger charge is 2.04. The third kappa shape index (κ3) is 2.16. The summed E-state index contributed by atoms with van der Waals surface area (Å²) in [7, 11) is 0. The Kier molecular flexibility index (Phi) is 3.09. The average molecular weight is 249 g/mol. The molecule has 2 rings (SSSR count). The molecule has 0 aliphatic heterocycles. The van der Waals surface area contributed by atoms with Gasteiger partial charge in [0.2, 0.25) is 0 Å². The van der Waals surface area contributed by atoms with Gasteiger partial charge in [-0.1, -0.05) is 35.3 Å². The Morgan fingerprint density at radius 3 is 2.38 bits per heavy atom. The number of nitriles is 1. The highest BCUT2D eigenvalue weighted by molar-refractivity contribution is 6.31. The molecular formula is C12H6Cl2N2. The number of benzene rings is 1. The maximum absolute atomic E-state index is 8.84. The van der Waals surface area contributed by atoms with Gasteiger partial charge < -0.3 is 0 Å². The number of aromatic nitrogens is 1. The summed E-state index contributed by atoms with van der Waals surface area (Å²) in [5, 5.41) is 9.73. The maximum atomic E-state index is 8.84. The van der Waals surface area contributed by atoms with Gasteiger partial charge in [0.25, 0.3) is 0 Å². The second-order valence-electron chi connectivity index (χ2n) is 3.18. The number of halogens is 2. The summed E-state index contributed by atoms with van der Waals surface area (Å²) in [6.07, 6.45) is 1.63. The summed E-state index contributed by atoms with van der Waals surface area (Å²) in [4.78, 5) is 3.96. The quantitative estimate of drug-likeness (QED) is 0.718. The summed E-state index contributed by atoms with van der Waals surface area (Å²) in [6.45, 7) is 0. The molecule has 2 aromatic rings. The van der Waals surface area contributed by atoms with Crippen LogP contribution in [0.1, 0.15) is 5.56 Å². The van der Waals surface area contributed by atoms with Crippen LogP contribution in [0.4, 0.5) is 0 Å². The lowest BCUT2D eigenvalue weighted by atomic mass is 10.1. The molecule has 4 heteroatoms. The highest BCUT2D eigenvalue weighted by Crippen LogP contribution is 2.23. The lowest BCUT2D eigenvalue weighted by Crippen LogP contribution is -1.85. The molecule has 0 atom stereocenters. The Morgan fingerprint density at radius 1 is 1.06 bits per heavy atom. The highest BCUT2D eigenvalue weighted by atomic mass is 35.5. The van der Waals surface area contributed by atoms with Crippen molar-refractivity contribution in [2.45, 2.75) is 0 Å². The molecular weight excluding hydrogens is 243 g/mol. The first kappa shape index (κ1) is 10.9. The minimum absolute atomic E-state index is 0.222. The van der Waals surface area contributed by atoms with Crippen LogP contribution in [-0.4, -0.2) is 4.98 Å². The van der Waals surface area contributed by atoms with Gasteiger partial charge in [0.15, 0.2) is 0 Å². The van der Waals surface area contributed by atoms with Gasteiger partial charge in [-0.2, -0.15) is 5.26 Å². The van der Waals surface area contributed by atoms with Gasteiger partial charge in [-0.3, -0.25) is 0 Å². The van der Waals surface area contributed by atoms with Crippen LogP contribution < -0.4 is 0 Å². The van der Waals surface area contributed by atoms with Gasteiger partial charge in [0, 0.05) is 16.8 Å². The van der Waals surface area contributed by atoms with Gasteiger partial charge in [0.05, 0.1) is 5.56 Å². The smallest absolute Gasteiger partial charge is 0.146 e. The second-order valence-corrected chi connectivity index (χ2v) is 3.98. The van der Waals surface area contributed by atoms with Gasteiger partial charge in [-0.25, -0.2) is 4.98 Å². The van der Waals surface area contributed by atoms with E-state index in [0.717, 1.165) is 11.1 Å². The molecule has 0 saturated carbocycles. The molecule has 1 aromatic carbocycles. The van der Waals surface area contributed by atoms with Crippen molar-refractivity contribution < 1.29 is 0 Å². The van der Waals surface area contributed by atoms with E-state index >= 15 is 0 Å². The van der Waals surface area contributed by atoms with Crippen LogP contribution in [0.3, 0.4) is 0 Å². The third-order valence-corrected chi connectivity index (χ3v) is 2.69. The molecule has 0 fully saturated rings. The van der Waals surface area contributed by atoms with Crippen LogP contribution in [0.2, 0.25) is 10.2 Å². The fourth-order valence-electron chi connectivity index (χ4n) is 1.33. The predicted octanol–water partition coefficient (Wildman–Crippen LogP) is 3.93. The van der Waals surface area contributed by atoms with Crippen molar-refractivity contribution in [1.82, 2.24) is 4.98 Å². The Balaban J connectivity index is 2.49. The van der Waals surface area contributed by atoms with Crippen molar-refractivity contribution in [1.29, 1.82) is 5.26 Å². The van der Waals surface area contributed by atoms with E-state index < -0.39 is 0 Å². The van der Waals surface area contributed by atoms with Crippen LogP contribution in [-0.2, 0) is 0 Å². The second kappa shape index (κ2) is 4.52. The molecule has 1 heterocycles. The minimum atomic E-state index is 0.222. The molecule has 2 nitrogen and oxygen atoms in total. The first-order valence-electron chi connectivity index (χ1n) is 4.52. The number of rotatable bonds is 1. The fraction of sp³-hybridized carbons (Fsp3) is 0. The standard InChI is InChI=1S/C12H6Cl2N2/c13-11-3-1-8(2-4-11)10-5-9(6-15)12(14)16-7-10/h1-5,7H. The normalized spacial score (nSPS) is 9.81. The molecule has 0 unspecified atom stereocenters. The van der Waals surface area contributed by atoms with Crippen LogP contribution in [0.25, 0.3) is 11.1 Å². The van der Waals surface area contributed by atoms with E-state index in [1.165, 1.54) is 0 Å². The average Bonchev–Trinajstić information content (AvgIpc) is 2.31. The lowest BCUT2D eigenvalue weighted by molar-refractivity contribution is 1.30. The zero-order chi connectivity index (χ0) is 11.5. The topological polar surface area (TPSA) is 36.7 Å². The van der Waals surface area contributed by atoms with Gasteiger partial charge in [-0.05, 0) is 23.8 Å². The number of nitrogens with zero attached hydrogens (tertiary/aromatic N) is 2. The fourth-order valence-corrected chi connectivity index (χ4v) is 1.60. The first-order chi connectivity index (χ1) is 7.70. The van der Waals surface area contributed by atoms with E-state index in [-0.39, 0.29) is 5.15 Å². The van der Waals surface area contributed by atoms with E-state index in [1.807, 2.05) is 18.2 Å². The summed E-state index contributed by atoms with van der Waals surface area (Å²) in [5.74, 6) is 0. The predicted molar refractivity (Wildman–Crippen MR) is 64.4 cm³/mol. The molecule has 0 spiro atoms. The van der Waals surface area contributed by atoms with Crippen molar-refractivity contribution in [2.24, 2.45) is 0 Å². The molecule has 1 aromatic heterocycles. The van der Waals surface area contributed by atoms with Crippen molar-refractivity contribution in [2.75, 3.05) is 0 Å². The Labute approximate surface area is 103 Å².